The molecule has 0 aliphatic heterocycles. The topological polar surface area (TPSA) is 58.6 Å². The van der Waals surface area contributed by atoms with Crippen LogP contribution in [0.1, 0.15) is 26.2 Å². The third-order valence-electron chi connectivity index (χ3n) is 1.76. The molecule has 0 aliphatic rings. The van der Waals surface area contributed by atoms with E-state index in [1.165, 1.54) is 0 Å². The van der Waals surface area contributed by atoms with Crippen LogP contribution in [0, 0.1) is 0 Å². The maximum absolute atomic E-state index is 10.9. The van der Waals surface area contributed by atoms with Crippen molar-refractivity contribution >= 4 is 40.8 Å². The van der Waals surface area contributed by atoms with Crippen LogP contribution in [-0.4, -0.2) is 34.2 Å². The molecule has 0 saturated carbocycles. The summed E-state index contributed by atoms with van der Waals surface area (Å²) in [7, 11) is 0. The average molecular weight is 293 g/mol. The smallest absolute Gasteiger partial charge is 0.305 e. The molecule has 4 nitrogen and oxygen atoms in total. The highest BCUT2D eigenvalue weighted by Gasteiger charge is 2.29. The number of rotatable bonds is 7. The Morgan fingerprint density at radius 3 is 2.56 bits per heavy atom. The molecule has 0 aliphatic carbocycles. The van der Waals surface area contributed by atoms with Crippen molar-refractivity contribution in [3.05, 3.63) is 0 Å². The molecule has 0 heterocycles. The van der Waals surface area contributed by atoms with Gasteiger partial charge in [-0.3, -0.25) is 10.1 Å². The highest BCUT2D eigenvalue weighted by Crippen LogP contribution is 2.28. The number of hydrogen-bond acceptors (Lipinski definition) is 4. The molecule has 0 saturated heterocycles. The molecule has 0 aromatic carbocycles. The number of carbonyl (C=O) groups excluding carboxylic acids is 1. The van der Waals surface area contributed by atoms with Crippen molar-refractivity contribution in [2.45, 2.75) is 36.2 Å². The number of aliphatic hydroxyl groups is 1. The lowest BCUT2D eigenvalue weighted by Crippen LogP contribution is -2.40. The molecule has 0 bridgehead atoms. The van der Waals surface area contributed by atoms with E-state index in [1.54, 1.807) is 6.92 Å². The van der Waals surface area contributed by atoms with Crippen molar-refractivity contribution < 1.29 is 14.6 Å². The predicted molar refractivity (Wildman–Crippen MR) is 64.8 cm³/mol. The van der Waals surface area contributed by atoms with Gasteiger partial charge in [-0.1, -0.05) is 34.8 Å². The van der Waals surface area contributed by atoms with E-state index < -0.39 is 10.0 Å². The van der Waals surface area contributed by atoms with Crippen LogP contribution in [0.15, 0.2) is 0 Å². The van der Waals surface area contributed by atoms with Gasteiger partial charge in [-0.15, -0.1) is 0 Å². The van der Waals surface area contributed by atoms with E-state index >= 15 is 0 Å². The molecule has 7 heteroatoms. The van der Waals surface area contributed by atoms with E-state index in [-0.39, 0.29) is 5.97 Å². The fraction of sp³-hybridized carbons (Fsp3) is 0.889. The Morgan fingerprint density at radius 2 is 2.06 bits per heavy atom. The number of ether oxygens (including phenoxy) is 1. The van der Waals surface area contributed by atoms with Crippen molar-refractivity contribution in [1.29, 1.82) is 0 Å². The molecule has 0 fully saturated rings. The fourth-order valence-electron chi connectivity index (χ4n) is 0.982. The summed E-state index contributed by atoms with van der Waals surface area (Å²) in [5, 5.41) is 11.9. The van der Waals surface area contributed by atoms with Crippen molar-refractivity contribution in [3.63, 3.8) is 0 Å². The van der Waals surface area contributed by atoms with Crippen LogP contribution in [0.25, 0.3) is 0 Å². The Labute approximate surface area is 110 Å². The third kappa shape index (κ3) is 8.42. The minimum atomic E-state index is -1.73. The molecule has 1 atom stereocenters. The zero-order valence-electron chi connectivity index (χ0n) is 9.01. The van der Waals surface area contributed by atoms with Crippen molar-refractivity contribution in [2.75, 3.05) is 13.2 Å². The van der Waals surface area contributed by atoms with Crippen molar-refractivity contribution in [3.8, 4) is 0 Å². The molecule has 16 heavy (non-hydrogen) atoms. The first-order valence-corrected chi connectivity index (χ1v) is 6.15. The van der Waals surface area contributed by atoms with Gasteiger partial charge < -0.3 is 9.84 Å². The highest BCUT2D eigenvalue weighted by atomic mass is 35.6. The predicted octanol–water partition coefficient (Wildman–Crippen LogP) is 2.00. The standard InChI is InChI=1S/C9H16Cl3NO3/c1-2-16-7(14)5-3-4-6-13-8(15)9(10,11)12/h8,13,15H,2-6H2,1H3/t8-/m0/s1. The lowest BCUT2D eigenvalue weighted by Gasteiger charge is -2.19. The first-order chi connectivity index (χ1) is 7.38. The van der Waals surface area contributed by atoms with Gasteiger partial charge in [-0.25, -0.2) is 0 Å². The zero-order valence-corrected chi connectivity index (χ0v) is 11.3. The molecule has 2 N–H and O–H groups in total. The highest BCUT2D eigenvalue weighted by molar-refractivity contribution is 6.68. The van der Waals surface area contributed by atoms with Gasteiger partial charge in [0, 0.05) is 6.42 Å². The van der Waals surface area contributed by atoms with Crippen LogP contribution in [0.4, 0.5) is 0 Å². The van der Waals surface area contributed by atoms with E-state index in [0.29, 0.717) is 32.4 Å². The molecular weight excluding hydrogens is 276 g/mol. The lowest BCUT2D eigenvalue weighted by atomic mass is 10.2. The second kappa shape index (κ2) is 8.37. The summed E-state index contributed by atoms with van der Waals surface area (Å²) in [6.07, 6.45) is 0.508. The average Bonchev–Trinajstić information content (AvgIpc) is 2.16. The third-order valence-corrected chi connectivity index (χ3v) is 2.38. The van der Waals surface area contributed by atoms with Gasteiger partial charge in [-0.2, -0.15) is 0 Å². The van der Waals surface area contributed by atoms with Gasteiger partial charge in [-0.05, 0) is 26.3 Å². The van der Waals surface area contributed by atoms with Gasteiger partial charge in [0.2, 0.25) is 3.79 Å². The maximum Gasteiger partial charge on any atom is 0.305 e. The number of alkyl halides is 3. The van der Waals surface area contributed by atoms with Crippen molar-refractivity contribution in [2.24, 2.45) is 0 Å². The summed E-state index contributed by atoms with van der Waals surface area (Å²) in [5.74, 6) is -0.218. The summed E-state index contributed by atoms with van der Waals surface area (Å²) in [6, 6.07) is 0. The van der Waals surface area contributed by atoms with Crippen LogP contribution >= 0.6 is 34.8 Å². The number of aliphatic hydroxyl groups excluding tert-OH is 1. The van der Waals surface area contributed by atoms with Crippen LogP contribution in [0.5, 0.6) is 0 Å². The molecular formula is C9H16Cl3NO3. The summed E-state index contributed by atoms with van der Waals surface area (Å²) >= 11 is 16.3. The first kappa shape index (κ1) is 16.3. The van der Waals surface area contributed by atoms with E-state index in [0.717, 1.165) is 0 Å². The normalized spacial score (nSPS) is 13.6. The summed E-state index contributed by atoms with van der Waals surface area (Å²) in [5.41, 5.74) is 0. The number of esters is 1. The quantitative estimate of drug-likeness (QED) is 0.326. The SMILES string of the molecule is CCOC(=O)CCCCN[C@@H](O)C(Cl)(Cl)Cl. The second-order valence-corrected chi connectivity index (χ2v) is 5.53. The van der Waals surface area contributed by atoms with Crippen molar-refractivity contribution in [1.82, 2.24) is 5.32 Å². The van der Waals surface area contributed by atoms with Crippen LogP contribution in [0.3, 0.4) is 0 Å². The fourth-order valence-corrected chi connectivity index (χ4v) is 1.21. The Morgan fingerprint density at radius 1 is 1.44 bits per heavy atom. The molecule has 0 radical (unpaired) electrons. The Bertz CT molecular complexity index is 209. The molecule has 0 aromatic rings. The Hall–Kier alpha value is 0.260. The maximum atomic E-state index is 10.9. The van der Waals surface area contributed by atoms with Crippen LogP contribution in [-0.2, 0) is 9.53 Å². The monoisotopic (exact) mass is 291 g/mol. The van der Waals surface area contributed by atoms with E-state index in [4.69, 9.17) is 39.5 Å². The van der Waals surface area contributed by atoms with E-state index in [9.17, 15) is 9.90 Å². The summed E-state index contributed by atoms with van der Waals surface area (Å²) < 4.78 is 3.02. The molecule has 96 valence electrons. The van der Waals surface area contributed by atoms with Gasteiger partial charge in [0.25, 0.3) is 0 Å². The summed E-state index contributed by atoms with van der Waals surface area (Å²) in [6.45, 7) is 2.62. The Balaban J connectivity index is 3.44. The van der Waals surface area contributed by atoms with E-state index in [1.807, 2.05) is 0 Å². The van der Waals surface area contributed by atoms with Crippen LogP contribution < -0.4 is 5.32 Å². The lowest BCUT2D eigenvalue weighted by molar-refractivity contribution is -0.143. The van der Waals surface area contributed by atoms with Gasteiger partial charge in [0.1, 0.15) is 0 Å². The first-order valence-electron chi connectivity index (χ1n) is 5.01. The molecule has 0 rings (SSSR count). The van der Waals surface area contributed by atoms with Gasteiger partial charge in [0.05, 0.1) is 6.61 Å². The largest absolute Gasteiger partial charge is 0.466 e. The van der Waals surface area contributed by atoms with E-state index in [2.05, 4.69) is 5.32 Å². The summed E-state index contributed by atoms with van der Waals surface area (Å²) in [4.78, 5) is 10.9. The van der Waals surface area contributed by atoms with Gasteiger partial charge in [0.15, 0.2) is 6.23 Å². The number of carbonyl (C=O) groups is 1. The number of unbranched alkanes of at least 4 members (excludes halogenated alkanes) is 1. The number of nitrogens with one attached hydrogen (secondary N) is 1. The minimum Gasteiger partial charge on any atom is -0.466 e. The second-order valence-electron chi connectivity index (χ2n) is 3.16. The van der Waals surface area contributed by atoms with Crippen LogP contribution in [0.2, 0.25) is 0 Å². The minimum absolute atomic E-state index is 0.218. The zero-order chi connectivity index (χ0) is 12.6. The molecule has 0 spiro atoms. The Kier molecular flexibility index (Phi) is 8.50. The number of hydrogen-bond donors (Lipinski definition) is 2. The molecule has 0 amide bonds. The number of halogens is 3. The molecule has 0 unspecified atom stereocenters. The van der Waals surface area contributed by atoms with Gasteiger partial charge >= 0.3 is 5.97 Å². The molecule has 0 aromatic heterocycles.